The fraction of sp³-hybridized carbons (Fsp3) is 0.500. The van der Waals surface area contributed by atoms with Gasteiger partial charge < -0.3 is 10.0 Å². The minimum absolute atomic E-state index is 0.0940. The highest BCUT2D eigenvalue weighted by atomic mass is 16.4. The Balaban J connectivity index is 2.90. The number of nitrogens with zero attached hydrogens (tertiary/aromatic N) is 3. The van der Waals surface area contributed by atoms with Crippen molar-refractivity contribution in [2.24, 2.45) is 0 Å². The lowest BCUT2D eigenvalue weighted by molar-refractivity contribution is -0.137. The van der Waals surface area contributed by atoms with Crippen molar-refractivity contribution in [3.63, 3.8) is 0 Å². The Kier molecular flexibility index (Phi) is 4.36. The quantitative estimate of drug-likeness (QED) is 0.869. The first kappa shape index (κ1) is 14.1. The Hall–Kier alpha value is -1.98. The highest BCUT2D eigenvalue weighted by Crippen LogP contribution is 2.16. The fourth-order valence-electron chi connectivity index (χ4n) is 1.50. The lowest BCUT2D eigenvalue weighted by atomic mass is 10.0. The zero-order chi connectivity index (χ0) is 13.8. The molecule has 0 bridgehead atoms. The van der Waals surface area contributed by atoms with E-state index in [9.17, 15) is 9.59 Å². The van der Waals surface area contributed by atoms with Gasteiger partial charge in [-0.15, -0.1) is 0 Å². The predicted octanol–water partition coefficient (Wildman–Crippen LogP) is 1.19. The highest BCUT2D eigenvalue weighted by Gasteiger charge is 2.28. The van der Waals surface area contributed by atoms with Gasteiger partial charge in [0.25, 0.3) is 5.91 Å². The van der Waals surface area contributed by atoms with E-state index in [-0.39, 0.29) is 24.6 Å². The van der Waals surface area contributed by atoms with Crippen LogP contribution in [-0.4, -0.2) is 43.9 Å². The molecule has 0 saturated heterocycles. The first-order valence-electron chi connectivity index (χ1n) is 5.62. The number of carboxylic acid groups (broad SMARTS) is 1. The first-order chi connectivity index (χ1) is 8.32. The van der Waals surface area contributed by atoms with Crippen LogP contribution in [-0.2, 0) is 4.79 Å². The molecule has 1 aromatic rings. The van der Waals surface area contributed by atoms with Crippen molar-refractivity contribution < 1.29 is 14.7 Å². The lowest BCUT2D eigenvalue weighted by Crippen LogP contribution is -2.46. The van der Waals surface area contributed by atoms with E-state index in [4.69, 9.17) is 5.11 Å². The van der Waals surface area contributed by atoms with Gasteiger partial charge in [0.15, 0.2) is 0 Å². The third kappa shape index (κ3) is 3.80. The van der Waals surface area contributed by atoms with Gasteiger partial charge in [0.1, 0.15) is 5.69 Å². The van der Waals surface area contributed by atoms with Gasteiger partial charge in [-0.05, 0) is 20.8 Å². The number of hydrogen-bond donors (Lipinski definition) is 1. The van der Waals surface area contributed by atoms with Crippen molar-refractivity contribution >= 4 is 11.9 Å². The molecule has 0 aliphatic carbocycles. The average Bonchev–Trinajstić information content (AvgIpc) is 2.28. The zero-order valence-electron chi connectivity index (χ0n) is 10.8. The molecule has 0 radical (unpaired) electrons. The summed E-state index contributed by atoms with van der Waals surface area (Å²) in [6, 6.07) is 0. The second kappa shape index (κ2) is 5.57. The van der Waals surface area contributed by atoms with Crippen LogP contribution in [0, 0.1) is 0 Å². The first-order valence-corrected chi connectivity index (χ1v) is 5.62. The molecular formula is C12H17N3O3. The average molecular weight is 251 g/mol. The van der Waals surface area contributed by atoms with Gasteiger partial charge in [0.05, 0.1) is 12.6 Å². The van der Waals surface area contributed by atoms with Gasteiger partial charge in [0.2, 0.25) is 0 Å². The smallest absolute Gasteiger partial charge is 0.305 e. The maximum absolute atomic E-state index is 12.2. The van der Waals surface area contributed by atoms with E-state index >= 15 is 0 Å². The minimum atomic E-state index is -0.934. The number of rotatable bonds is 4. The molecule has 1 N–H and O–H groups in total. The van der Waals surface area contributed by atoms with Gasteiger partial charge in [-0.2, -0.15) is 0 Å². The van der Waals surface area contributed by atoms with Crippen LogP contribution < -0.4 is 0 Å². The molecule has 0 fully saturated rings. The number of amides is 1. The van der Waals surface area contributed by atoms with Crippen LogP contribution in [0.1, 0.15) is 37.7 Å². The van der Waals surface area contributed by atoms with Gasteiger partial charge in [-0.1, -0.05) is 0 Å². The summed E-state index contributed by atoms with van der Waals surface area (Å²) in [5, 5.41) is 8.71. The van der Waals surface area contributed by atoms with E-state index in [1.165, 1.54) is 23.5 Å². The number of carboxylic acids is 1. The molecule has 0 aromatic carbocycles. The third-order valence-electron chi connectivity index (χ3n) is 2.39. The fourth-order valence-corrected chi connectivity index (χ4v) is 1.50. The molecule has 0 aliphatic heterocycles. The molecule has 18 heavy (non-hydrogen) atoms. The highest BCUT2D eigenvalue weighted by molar-refractivity contribution is 5.92. The lowest BCUT2D eigenvalue weighted by Gasteiger charge is -2.35. The molecule has 6 heteroatoms. The Labute approximate surface area is 106 Å². The molecule has 1 rings (SSSR count). The minimum Gasteiger partial charge on any atom is -0.481 e. The molecule has 0 saturated carbocycles. The summed E-state index contributed by atoms with van der Waals surface area (Å²) >= 11 is 0. The molecule has 1 aromatic heterocycles. The van der Waals surface area contributed by atoms with E-state index in [2.05, 4.69) is 9.97 Å². The Morgan fingerprint density at radius 3 is 2.44 bits per heavy atom. The van der Waals surface area contributed by atoms with Crippen LogP contribution in [0.3, 0.4) is 0 Å². The second-order valence-electron chi connectivity index (χ2n) is 4.86. The summed E-state index contributed by atoms with van der Waals surface area (Å²) in [5.74, 6) is -1.24. The normalized spacial score (nSPS) is 11.1. The van der Waals surface area contributed by atoms with Gasteiger partial charge in [0, 0.05) is 24.5 Å². The number of hydrogen-bond acceptors (Lipinski definition) is 4. The standard InChI is InChI=1S/C12H17N3O3/c1-12(2,3)15(7-4-10(16)17)11(18)9-8-13-5-6-14-9/h5-6,8H,4,7H2,1-3H3,(H,16,17). The summed E-state index contributed by atoms with van der Waals surface area (Å²) in [5.41, 5.74) is -0.248. The van der Waals surface area contributed by atoms with Crippen LogP contribution in [0.4, 0.5) is 0 Å². The van der Waals surface area contributed by atoms with Crippen LogP contribution >= 0.6 is 0 Å². The van der Waals surface area contributed by atoms with Gasteiger partial charge in [-0.3, -0.25) is 14.6 Å². The zero-order valence-corrected chi connectivity index (χ0v) is 10.8. The third-order valence-corrected chi connectivity index (χ3v) is 2.39. The molecule has 0 spiro atoms. The molecule has 0 atom stereocenters. The Morgan fingerprint density at radius 2 is 2.00 bits per heavy atom. The Bertz CT molecular complexity index is 426. The molecule has 1 heterocycles. The predicted molar refractivity (Wildman–Crippen MR) is 65.1 cm³/mol. The van der Waals surface area contributed by atoms with Crippen molar-refractivity contribution in [1.82, 2.24) is 14.9 Å². The van der Waals surface area contributed by atoms with Crippen molar-refractivity contribution in [3.05, 3.63) is 24.3 Å². The maximum Gasteiger partial charge on any atom is 0.305 e. The summed E-state index contributed by atoms with van der Waals surface area (Å²) < 4.78 is 0. The maximum atomic E-state index is 12.2. The topological polar surface area (TPSA) is 83.4 Å². The summed E-state index contributed by atoms with van der Waals surface area (Å²) in [6.45, 7) is 5.70. The molecule has 0 aliphatic rings. The van der Waals surface area contributed by atoms with Crippen LogP contribution in [0.15, 0.2) is 18.6 Å². The summed E-state index contributed by atoms with van der Waals surface area (Å²) in [6.07, 6.45) is 4.20. The second-order valence-corrected chi connectivity index (χ2v) is 4.86. The number of carbonyl (C=O) groups is 2. The molecule has 0 unspecified atom stereocenters. The van der Waals surface area contributed by atoms with Crippen molar-refractivity contribution in [3.8, 4) is 0 Å². The SMILES string of the molecule is CC(C)(C)N(CCC(=O)O)C(=O)c1cnccn1. The number of aromatic nitrogens is 2. The number of aliphatic carboxylic acids is 1. The van der Waals surface area contributed by atoms with Crippen molar-refractivity contribution in [2.75, 3.05) is 6.54 Å². The van der Waals surface area contributed by atoms with Crippen LogP contribution in [0.5, 0.6) is 0 Å². The van der Waals surface area contributed by atoms with E-state index < -0.39 is 11.5 Å². The van der Waals surface area contributed by atoms with E-state index in [0.29, 0.717) is 0 Å². The van der Waals surface area contributed by atoms with Gasteiger partial charge >= 0.3 is 5.97 Å². The largest absolute Gasteiger partial charge is 0.481 e. The summed E-state index contributed by atoms with van der Waals surface area (Å²) in [7, 11) is 0. The van der Waals surface area contributed by atoms with Crippen LogP contribution in [0.2, 0.25) is 0 Å². The van der Waals surface area contributed by atoms with E-state index in [1.807, 2.05) is 20.8 Å². The van der Waals surface area contributed by atoms with Gasteiger partial charge in [-0.25, -0.2) is 4.98 Å². The molecular weight excluding hydrogens is 234 g/mol. The molecule has 1 amide bonds. The molecule has 98 valence electrons. The summed E-state index contributed by atoms with van der Waals surface area (Å²) in [4.78, 5) is 32.1. The number of carbonyl (C=O) groups excluding carboxylic acids is 1. The Morgan fingerprint density at radius 1 is 1.33 bits per heavy atom. The van der Waals surface area contributed by atoms with E-state index in [1.54, 1.807) is 0 Å². The monoisotopic (exact) mass is 251 g/mol. The van der Waals surface area contributed by atoms with Crippen molar-refractivity contribution in [2.45, 2.75) is 32.7 Å². The van der Waals surface area contributed by atoms with Crippen LogP contribution in [0.25, 0.3) is 0 Å². The van der Waals surface area contributed by atoms with E-state index in [0.717, 1.165) is 0 Å². The van der Waals surface area contributed by atoms with Crippen molar-refractivity contribution in [1.29, 1.82) is 0 Å². The molecule has 6 nitrogen and oxygen atoms in total.